The summed E-state index contributed by atoms with van der Waals surface area (Å²) >= 11 is 0. The zero-order valence-corrected chi connectivity index (χ0v) is 37.2. The molecule has 1 aromatic carbocycles. The van der Waals surface area contributed by atoms with Crippen molar-refractivity contribution in [1.82, 2.24) is 25.3 Å². The van der Waals surface area contributed by atoms with Crippen molar-refractivity contribution in [2.24, 2.45) is 29.1 Å². The maximum absolute atomic E-state index is 14.3. The van der Waals surface area contributed by atoms with Gasteiger partial charge < -0.3 is 29.9 Å². The van der Waals surface area contributed by atoms with Crippen LogP contribution in [0.4, 0.5) is 0 Å². The van der Waals surface area contributed by atoms with Crippen molar-refractivity contribution in [3.05, 3.63) is 35.9 Å². The first kappa shape index (κ1) is 48.8. The van der Waals surface area contributed by atoms with E-state index in [1.165, 1.54) is 0 Å². The molecule has 0 bridgehead atoms. The number of ether oxygens (including phenoxy) is 2. The van der Waals surface area contributed by atoms with Crippen LogP contribution in [0.15, 0.2) is 30.3 Å². The Morgan fingerprint density at radius 1 is 0.875 bits per heavy atom. The minimum absolute atomic E-state index is 0.0185. The summed E-state index contributed by atoms with van der Waals surface area (Å²) in [6, 6.07) is 6.91. The van der Waals surface area contributed by atoms with E-state index in [1.54, 1.807) is 38.0 Å². The van der Waals surface area contributed by atoms with Gasteiger partial charge in [-0.1, -0.05) is 106 Å². The lowest BCUT2D eigenvalue weighted by atomic mass is 9.83. The lowest BCUT2D eigenvalue weighted by Gasteiger charge is -2.41. The van der Waals surface area contributed by atoms with E-state index >= 15 is 0 Å². The molecule has 0 spiro atoms. The molecule has 2 N–H and O–H groups in total. The molecule has 1 fully saturated rings. The van der Waals surface area contributed by atoms with Crippen LogP contribution in [-0.4, -0.2) is 128 Å². The Kier molecular flexibility index (Phi) is 19.1. The Morgan fingerprint density at radius 2 is 1.48 bits per heavy atom. The number of hydrogen-bond donors (Lipinski definition) is 2. The summed E-state index contributed by atoms with van der Waals surface area (Å²) in [5.74, 6) is -1.78. The fraction of sp³-hybridized carbons (Fsp3) is 0.750. The van der Waals surface area contributed by atoms with Gasteiger partial charge in [-0.3, -0.25) is 28.9 Å². The van der Waals surface area contributed by atoms with Crippen LogP contribution in [0.5, 0.6) is 0 Å². The van der Waals surface area contributed by atoms with Gasteiger partial charge in [-0.05, 0) is 56.7 Å². The van der Waals surface area contributed by atoms with E-state index < -0.39 is 47.7 Å². The first-order valence-electron chi connectivity index (χ1n) is 20.6. The molecule has 1 aliphatic heterocycles. The molecule has 4 amide bonds. The second-order valence-electron chi connectivity index (χ2n) is 17.8. The van der Waals surface area contributed by atoms with Crippen LogP contribution in [0.2, 0.25) is 0 Å². The summed E-state index contributed by atoms with van der Waals surface area (Å²) in [7, 11) is 8.57. The molecule has 0 aromatic heterocycles. The molecule has 1 saturated heterocycles. The smallest absolute Gasteiger partial charge is 0.245 e. The fourth-order valence-electron chi connectivity index (χ4n) is 8.30. The lowest BCUT2D eigenvalue weighted by molar-refractivity contribution is -0.148. The van der Waals surface area contributed by atoms with Crippen molar-refractivity contribution < 1.29 is 33.4 Å². The van der Waals surface area contributed by atoms with Gasteiger partial charge in [-0.25, -0.2) is 0 Å². The van der Waals surface area contributed by atoms with Gasteiger partial charge in [0.2, 0.25) is 23.6 Å². The number of benzene rings is 1. The summed E-state index contributed by atoms with van der Waals surface area (Å²) in [6.45, 7) is 19.7. The molecule has 0 radical (unpaired) electrons. The summed E-state index contributed by atoms with van der Waals surface area (Å²) < 4.78 is 12.0. The Labute approximate surface area is 338 Å². The van der Waals surface area contributed by atoms with Crippen LogP contribution < -0.4 is 10.6 Å². The van der Waals surface area contributed by atoms with Gasteiger partial charge in [0.05, 0.1) is 48.7 Å². The first-order chi connectivity index (χ1) is 26.1. The molecule has 9 atom stereocenters. The minimum atomic E-state index is -0.766. The molecule has 318 valence electrons. The molecule has 0 saturated carbocycles. The third kappa shape index (κ3) is 12.8. The largest absolute Gasteiger partial charge is 0.379 e. The summed E-state index contributed by atoms with van der Waals surface area (Å²) in [6.07, 6.45) is 1.27. The topological polar surface area (TPSA) is 138 Å². The Bertz CT molecular complexity index is 1420. The third-order valence-corrected chi connectivity index (χ3v) is 11.6. The first-order valence-corrected chi connectivity index (χ1v) is 20.6. The number of carbonyl (C=O) groups excluding carboxylic acids is 5. The fourth-order valence-corrected chi connectivity index (χ4v) is 8.30. The van der Waals surface area contributed by atoms with Gasteiger partial charge >= 0.3 is 0 Å². The number of Topliss-reactive ketones (excluding diaryl/α,β-unsaturated/α-hetero) is 1. The van der Waals surface area contributed by atoms with Crippen LogP contribution in [0.1, 0.15) is 100 Å². The molecular formula is C44H75N5O7. The second-order valence-corrected chi connectivity index (χ2v) is 17.8. The molecule has 1 aromatic rings. The van der Waals surface area contributed by atoms with E-state index in [4.69, 9.17) is 9.47 Å². The summed E-state index contributed by atoms with van der Waals surface area (Å²) in [5.41, 5.74) is 0.282. The van der Waals surface area contributed by atoms with E-state index in [1.807, 2.05) is 112 Å². The van der Waals surface area contributed by atoms with Gasteiger partial charge in [-0.2, -0.15) is 0 Å². The standard InChI is InChI=1S/C44H75N5O7/c1-16-29(6)38(48(13)43(54)36(27(2)3)46-42(53)37(28(4)5)47(11)12)34(55-14)26-35(50)49-24-20-23-33(49)39(56-15)30(7)41(52)45-32(40(51)44(8,9)10)25-31-21-18-17-19-22-31/h17-19,21-22,27-30,32-34,36-39H,16,20,23-26H2,1-15H3,(H,45,52)(H,46,53). The van der Waals surface area contributed by atoms with Crippen molar-refractivity contribution in [3.63, 3.8) is 0 Å². The molecule has 12 nitrogen and oxygen atoms in total. The normalized spacial score (nSPS) is 19.2. The predicted molar refractivity (Wildman–Crippen MR) is 222 cm³/mol. The average Bonchev–Trinajstić information content (AvgIpc) is 3.62. The van der Waals surface area contributed by atoms with E-state index in [0.29, 0.717) is 19.4 Å². The number of nitrogens with zero attached hydrogens (tertiary/aromatic N) is 3. The average molecular weight is 786 g/mol. The van der Waals surface area contributed by atoms with Crippen molar-refractivity contribution in [2.75, 3.05) is 41.9 Å². The van der Waals surface area contributed by atoms with Gasteiger partial charge in [0, 0.05) is 33.2 Å². The molecular weight excluding hydrogens is 711 g/mol. The van der Waals surface area contributed by atoms with Crippen molar-refractivity contribution in [1.29, 1.82) is 0 Å². The molecule has 56 heavy (non-hydrogen) atoms. The van der Waals surface area contributed by atoms with Crippen LogP contribution in [0, 0.1) is 29.1 Å². The lowest BCUT2D eigenvalue weighted by Crippen LogP contribution is -2.59. The van der Waals surface area contributed by atoms with Gasteiger partial charge in [0.15, 0.2) is 5.78 Å². The highest BCUT2D eigenvalue weighted by molar-refractivity contribution is 5.93. The zero-order chi connectivity index (χ0) is 42.7. The molecule has 1 aliphatic rings. The van der Waals surface area contributed by atoms with Crippen molar-refractivity contribution >= 4 is 29.4 Å². The number of ketones is 1. The van der Waals surface area contributed by atoms with Gasteiger partial charge in [0.1, 0.15) is 6.04 Å². The molecule has 2 rings (SSSR count). The van der Waals surface area contributed by atoms with Gasteiger partial charge in [-0.15, -0.1) is 0 Å². The number of methoxy groups -OCH3 is 2. The zero-order valence-electron chi connectivity index (χ0n) is 37.2. The Hall–Kier alpha value is -3.35. The monoisotopic (exact) mass is 786 g/mol. The Balaban J connectivity index is 2.32. The van der Waals surface area contributed by atoms with E-state index in [-0.39, 0.29) is 59.6 Å². The predicted octanol–water partition coefficient (Wildman–Crippen LogP) is 4.98. The maximum atomic E-state index is 14.3. The Morgan fingerprint density at radius 3 is 1.96 bits per heavy atom. The van der Waals surface area contributed by atoms with Crippen LogP contribution in [-0.2, 0) is 39.9 Å². The van der Waals surface area contributed by atoms with Crippen LogP contribution in [0.3, 0.4) is 0 Å². The molecule has 12 heteroatoms. The number of carbonyl (C=O) groups is 5. The molecule has 9 unspecified atom stereocenters. The maximum Gasteiger partial charge on any atom is 0.245 e. The van der Waals surface area contributed by atoms with Crippen molar-refractivity contribution in [2.45, 2.75) is 144 Å². The summed E-state index contributed by atoms with van der Waals surface area (Å²) in [5, 5.41) is 6.08. The van der Waals surface area contributed by atoms with E-state index in [0.717, 1.165) is 18.4 Å². The molecule has 0 aliphatic carbocycles. The number of nitrogens with one attached hydrogen (secondary N) is 2. The van der Waals surface area contributed by atoms with Crippen molar-refractivity contribution in [3.8, 4) is 0 Å². The SMILES string of the molecule is CCC(C)C(C(CC(=O)N1CCCC1C(OC)C(C)C(=O)NC(Cc1ccccc1)C(=O)C(C)(C)C)OC)N(C)C(=O)C(NC(=O)C(C(C)C)N(C)C)C(C)C. The number of likely N-dealkylation sites (N-methyl/N-ethyl adjacent to an activating group) is 2. The summed E-state index contributed by atoms with van der Waals surface area (Å²) in [4.78, 5) is 74.8. The quantitative estimate of drug-likeness (QED) is 0.178. The van der Waals surface area contributed by atoms with E-state index in [2.05, 4.69) is 10.6 Å². The number of amides is 4. The highest BCUT2D eigenvalue weighted by Crippen LogP contribution is 2.30. The number of likely N-dealkylation sites (tertiary alicyclic amines) is 1. The van der Waals surface area contributed by atoms with Crippen LogP contribution >= 0.6 is 0 Å². The van der Waals surface area contributed by atoms with Crippen LogP contribution in [0.25, 0.3) is 0 Å². The highest BCUT2D eigenvalue weighted by atomic mass is 16.5. The highest BCUT2D eigenvalue weighted by Gasteiger charge is 2.44. The number of hydrogen-bond acceptors (Lipinski definition) is 8. The minimum Gasteiger partial charge on any atom is -0.379 e. The third-order valence-electron chi connectivity index (χ3n) is 11.6. The second kappa shape index (κ2) is 22.0. The van der Waals surface area contributed by atoms with Gasteiger partial charge in [0.25, 0.3) is 0 Å². The van der Waals surface area contributed by atoms with E-state index in [9.17, 15) is 24.0 Å². The molecule has 1 heterocycles. The number of rotatable bonds is 21.